The zero-order valence-corrected chi connectivity index (χ0v) is 10.4. The SMILES string of the molecule is CC(C)c1nc2ccc3c(c2s1)CCCO3. The van der Waals surface area contributed by atoms with Crippen molar-refractivity contribution in [2.75, 3.05) is 6.61 Å². The third-order valence-corrected chi connectivity index (χ3v) is 4.39. The van der Waals surface area contributed by atoms with Gasteiger partial charge >= 0.3 is 0 Å². The number of aromatic nitrogens is 1. The first-order chi connectivity index (χ1) is 7.75. The van der Waals surface area contributed by atoms with Gasteiger partial charge in [-0.25, -0.2) is 4.98 Å². The molecule has 1 aromatic carbocycles. The molecule has 0 aliphatic carbocycles. The van der Waals surface area contributed by atoms with Crippen LogP contribution in [0.25, 0.3) is 10.2 Å². The second kappa shape index (κ2) is 3.74. The Hall–Kier alpha value is -1.09. The van der Waals surface area contributed by atoms with Gasteiger partial charge in [0.15, 0.2) is 0 Å². The van der Waals surface area contributed by atoms with Crippen LogP contribution < -0.4 is 4.74 Å². The van der Waals surface area contributed by atoms with Crippen LogP contribution in [0.5, 0.6) is 5.75 Å². The van der Waals surface area contributed by atoms with Crippen molar-refractivity contribution >= 4 is 21.6 Å². The van der Waals surface area contributed by atoms with E-state index >= 15 is 0 Å². The summed E-state index contributed by atoms with van der Waals surface area (Å²) in [6.45, 7) is 5.25. The van der Waals surface area contributed by atoms with Gasteiger partial charge in [0.2, 0.25) is 0 Å². The second-order valence-electron chi connectivity index (χ2n) is 4.55. The van der Waals surface area contributed by atoms with Gasteiger partial charge in [-0.3, -0.25) is 0 Å². The Labute approximate surface area is 99.3 Å². The molecule has 1 aromatic heterocycles. The topological polar surface area (TPSA) is 22.1 Å². The Bertz CT molecular complexity index is 530. The summed E-state index contributed by atoms with van der Waals surface area (Å²) in [5.74, 6) is 1.58. The second-order valence-corrected chi connectivity index (χ2v) is 5.58. The van der Waals surface area contributed by atoms with Crippen LogP contribution in [0.3, 0.4) is 0 Å². The van der Waals surface area contributed by atoms with Crippen molar-refractivity contribution in [2.24, 2.45) is 0 Å². The Balaban J connectivity index is 2.22. The average molecular weight is 233 g/mol. The number of hydrogen-bond donors (Lipinski definition) is 0. The van der Waals surface area contributed by atoms with Crippen LogP contribution in [0, 0.1) is 0 Å². The highest BCUT2D eigenvalue weighted by Crippen LogP contribution is 2.36. The lowest BCUT2D eigenvalue weighted by Crippen LogP contribution is -2.07. The van der Waals surface area contributed by atoms with Crippen molar-refractivity contribution in [1.82, 2.24) is 4.98 Å². The molecule has 0 spiro atoms. The Morgan fingerprint density at radius 3 is 3.06 bits per heavy atom. The first-order valence-electron chi connectivity index (χ1n) is 5.81. The molecule has 0 saturated heterocycles. The summed E-state index contributed by atoms with van der Waals surface area (Å²) in [5, 5.41) is 1.23. The Morgan fingerprint density at radius 1 is 1.38 bits per heavy atom. The number of nitrogens with zero attached hydrogens (tertiary/aromatic N) is 1. The minimum absolute atomic E-state index is 0.512. The van der Waals surface area contributed by atoms with Crippen LogP contribution in [0.15, 0.2) is 12.1 Å². The maximum atomic E-state index is 5.68. The summed E-state index contributed by atoms with van der Waals surface area (Å²) in [4.78, 5) is 4.68. The van der Waals surface area contributed by atoms with Crippen LogP contribution in [0.4, 0.5) is 0 Å². The number of benzene rings is 1. The molecule has 0 atom stereocenters. The lowest BCUT2D eigenvalue weighted by molar-refractivity contribution is 0.289. The van der Waals surface area contributed by atoms with Crippen molar-refractivity contribution in [3.05, 3.63) is 22.7 Å². The molecule has 0 unspecified atom stereocenters. The fourth-order valence-corrected chi connectivity index (χ4v) is 3.23. The molecule has 16 heavy (non-hydrogen) atoms. The lowest BCUT2D eigenvalue weighted by atomic mass is 10.1. The molecule has 2 aromatic rings. The monoisotopic (exact) mass is 233 g/mol. The van der Waals surface area contributed by atoms with Crippen LogP contribution in [0.1, 0.15) is 36.8 Å². The molecule has 0 N–H and O–H groups in total. The molecule has 1 aliphatic rings. The molecule has 2 nitrogen and oxygen atoms in total. The number of hydrogen-bond acceptors (Lipinski definition) is 3. The maximum absolute atomic E-state index is 5.68. The summed E-state index contributed by atoms with van der Waals surface area (Å²) < 4.78 is 7.01. The number of fused-ring (bicyclic) bond motifs is 3. The normalized spacial score (nSPS) is 15.2. The molecular formula is C13H15NOS. The zero-order valence-electron chi connectivity index (χ0n) is 9.62. The van der Waals surface area contributed by atoms with Crippen LogP contribution in [-0.4, -0.2) is 11.6 Å². The Morgan fingerprint density at radius 2 is 2.25 bits per heavy atom. The van der Waals surface area contributed by atoms with Gasteiger partial charge in [-0.15, -0.1) is 11.3 Å². The van der Waals surface area contributed by atoms with E-state index in [9.17, 15) is 0 Å². The van der Waals surface area contributed by atoms with E-state index in [2.05, 4.69) is 31.0 Å². The molecule has 3 rings (SSSR count). The van der Waals surface area contributed by atoms with Crippen LogP contribution >= 0.6 is 11.3 Å². The molecular weight excluding hydrogens is 218 g/mol. The van der Waals surface area contributed by atoms with Gasteiger partial charge in [-0.2, -0.15) is 0 Å². The lowest BCUT2D eigenvalue weighted by Gasteiger charge is -2.16. The van der Waals surface area contributed by atoms with E-state index in [0.717, 1.165) is 30.7 Å². The zero-order chi connectivity index (χ0) is 11.1. The van der Waals surface area contributed by atoms with E-state index in [1.165, 1.54) is 15.3 Å². The fourth-order valence-electron chi connectivity index (χ4n) is 2.10. The largest absolute Gasteiger partial charge is 0.493 e. The number of aryl methyl sites for hydroxylation is 1. The predicted octanol–water partition coefficient (Wildman–Crippen LogP) is 3.74. The molecule has 0 amide bonds. The summed E-state index contributed by atoms with van der Waals surface area (Å²) in [6.07, 6.45) is 2.26. The van der Waals surface area contributed by atoms with E-state index < -0.39 is 0 Å². The van der Waals surface area contributed by atoms with Crippen molar-refractivity contribution < 1.29 is 4.74 Å². The average Bonchev–Trinajstić information content (AvgIpc) is 2.73. The number of thiazole rings is 1. The summed E-state index contributed by atoms with van der Waals surface area (Å²) in [6, 6.07) is 4.16. The van der Waals surface area contributed by atoms with Gasteiger partial charge in [0.25, 0.3) is 0 Å². The molecule has 0 bridgehead atoms. The van der Waals surface area contributed by atoms with E-state index in [1.54, 1.807) is 0 Å². The fraction of sp³-hybridized carbons (Fsp3) is 0.462. The maximum Gasteiger partial charge on any atom is 0.124 e. The van der Waals surface area contributed by atoms with E-state index in [-0.39, 0.29) is 0 Å². The first-order valence-corrected chi connectivity index (χ1v) is 6.62. The van der Waals surface area contributed by atoms with Gasteiger partial charge in [0.05, 0.1) is 21.8 Å². The highest BCUT2D eigenvalue weighted by Gasteiger charge is 2.17. The van der Waals surface area contributed by atoms with Crippen molar-refractivity contribution in [3.63, 3.8) is 0 Å². The van der Waals surface area contributed by atoms with E-state index in [0.29, 0.717) is 5.92 Å². The number of rotatable bonds is 1. The van der Waals surface area contributed by atoms with E-state index in [1.807, 2.05) is 11.3 Å². The molecule has 0 fully saturated rings. The highest BCUT2D eigenvalue weighted by atomic mass is 32.1. The van der Waals surface area contributed by atoms with Crippen molar-refractivity contribution in [1.29, 1.82) is 0 Å². The standard InChI is InChI=1S/C13H15NOS/c1-8(2)13-14-10-5-6-11-9(12(10)16-13)4-3-7-15-11/h5-6,8H,3-4,7H2,1-2H3. The molecule has 3 heteroatoms. The minimum atomic E-state index is 0.512. The van der Waals surface area contributed by atoms with E-state index in [4.69, 9.17) is 4.74 Å². The molecule has 1 aliphatic heterocycles. The summed E-state index contributed by atoms with van der Waals surface area (Å²) in [5.41, 5.74) is 2.51. The van der Waals surface area contributed by atoms with Gasteiger partial charge in [-0.05, 0) is 25.0 Å². The third-order valence-electron chi connectivity index (χ3n) is 2.96. The Kier molecular flexibility index (Phi) is 2.36. The quantitative estimate of drug-likeness (QED) is 0.748. The predicted molar refractivity (Wildman–Crippen MR) is 67.5 cm³/mol. The van der Waals surface area contributed by atoms with Gasteiger partial charge in [-0.1, -0.05) is 13.8 Å². The third kappa shape index (κ3) is 1.50. The van der Waals surface area contributed by atoms with Crippen molar-refractivity contribution in [2.45, 2.75) is 32.6 Å². The smallest absolute Gasteiger partial charge is 0.124 e. The number of ether oxygens (including phenoxy) is 1. The van der Waals surface area contributed by atoms with Gasteiger partial charge < -0.3 is 4.74 Å². The highest BCUT2D eigenvalue weighted by molar-refractivity contribution is 7.18. The molecule has 2 heterocycles. The van der Waals surface area contributed by atoms with Gasteiger partial charge in [0.1, 0.15) is 5.75 Å². The first kappa shape index (κ1) is 10.1. The molecule has 0 radical (unpaired) electrons. The summed E-state index contributed by atoms with van der Waals surface area (Å²) >= 11 is 1.83. The van der Waals surface area contributed by atoms with Gasteiger partial charge in [0, 0.05) is 11.5 Å². The van der Waals surface area contributed by atoms with Crippen molar-refractivity contribution in [3.8, 4) is 5.75 Å². The molecule has 0 saturated carbocycles. The van der Waals surface area contributed by atoms with Crippen LogP contribution in [-0.2, 0) is 6.42 Å². The summed E-state index contributed by atoms with van der Waals surface area (Å²) in [7, 11) is 0. The minimum Gasteiger partial charge on any atom is -0.493 e. The van der Waals surface area contributed by atoms with Crippen LogP contribution in [0.2, 0.25) is 0 Å². The molecule has 84 valence electrons.